The maximum Gasteiger partial charge on any atom is 0.122 e. The molecule has 0 saturated heterocycles. The molecule has 1 aromatic rings. The molecule has 0 aromatic heterocycles. The molecule has 2 nitrogen and oxygen atoms in total. The first kappa shape index (κ1) is 16.6. The highest BCUT2D eigenvalue weighted by Gasteiger charge is 2.30. The van der Waals surface area contributed by atoms with E-state index in [0.29, 0.717) is 0 Å². The smallest absolute Gasteiger partial charge is 0.122 e. The molecule has 0 radical (unpaired) electrons. The van der Waals surface area contributed by atoms with Gasteiger partial charge in [-0.05, 0) is 55.4 Å². The van der Waals surface area contributed by atoms with E-state index in [2.05, 4.69) is 6.92 Å². The first-order chi connectivity index (χ1) is 10.1. The minimum Gasteiger partial charge on any atom is -0.496 e. The molecule has 0 heterocycles. The first-order valence-corrected chi connectivity index (χ1v) is 8.55. The van der Waals surface area contributed by atoms with Gasteiger partial charge in [0.1, 0.15) is 5.75 Å². The van der Waals surface area contributed by atoms with Crippen molar-refractivity contribution in [2.75, 3.05) is 7.11 Å². The number of hydrogen-bond donors (Lipinski definition) is 1. The molecule has 1 aliphatic carbocycles. The summed E-state index contributed by atoms with van der Waals surface area (Å²) in [4.78, 5) is 0. The van der Waals surface area contributed by atoms with Gasteiger partial charge in [0.15, 0.2) is 0 Å². The normalized spacial score (nSPS) is 26.4. The van der Waals surface area contributed by atoms with Crippen molar-refractivity contribution in [3.63, 3.8) is 0 Å². The van der Waals surface area contributed by atoms with Crippen molar-refractivity contribution in [1.82, 2.24) is 0 Å². The molecule has 2 atom stereocenters. The largest absolute Gasteiger partial charge is 0.496 e. The third-order valence-corrected chi connectivity index (χ3v) is 5.05. The third kappa shape index (κ3) is 4.62. The van der Waals surface area contributed by atoms with E-state index in [1.165, 1.54) is 32.1 Å². The van der Waals surface area contributed by atoms with Crippen LogP contribution < -0.4 is 10.5 Å². The Hall–Kier alpha value is -0.730. The monoisotopic (exact) mass is 309 g/mol. The summed E-state index contributed by atoms with van der Waals surface area (Å²) in [5, 5.41) is 0.756. The summed E-state index contributed by atoms with van der Waals surface area (Å²) in [6.07, 6.45) is 9.52. The van der Waals surface area contributed by atoms with Crippen LogP contribution in [-0.4, -0.2) is 12.6 Å². The summed E-state index contributed by atoms with van der Waals surface area (Å²) >= 11 is 6.14. The van der Waals surface area contributed by atoms with Crippen molar-refractivity contribution in [3.8, 4) is 5.75 Å². The van der Waals surface area contributed by atoms with Gasteiger partial charge in [0.25, 0.3) is 0 Å². The van der Waals surface area contributed by atoms with Crippen molar-refractivity contribution in [1.29, 1.82) is 0 Å². The van der Waals surface area contributed by atoms with E-state index in [1.807, 2.05) is 18.2 Å². The van der Waals surface area contributed by atoms with E-state index in [1.54, 1.807) is 7.11 Å². The van der Waals surface area contributed by atoms with Gasteiger partial charge >= 0.3 is 0 Å². The van der Waals surface area contributed by atoms with Crippen molar-refractivity contribution in [2.45, 2.75) is 63.8 Å². The third-order valence-electron chi connectivity index (χ3n) is 4.82. The molecular weight excluding hydrogens is 282 g/mol. The van der Waals surface area contributed by atoms with Gasteiger partial charge in [-0.25, -0.2) is 0 Å². The number of halogens is 1. The maximum absolute atomic E-state index is 6.72. The number of hydrogen-bond acceptors (Lipinski definition) is 2. The van der Waals surface area contributed by atoms with Gasteiger partial charge in [0.05, 0.1) is 7.11 Å². The second kappa shape index (κ2) is 7.51. The molecule has 2 unspecified atom stereocenters. The molecule has 0 bridgehead atoms. The Morgan fingerprint density at radius 2 is 2.14 bits per heavy atom. The van der Waals surface area contributed by atoms with E-state index in [-0.39, 0.29) is 5.54 Å². The lowest BCUT2D eigenvalue weighted by Gasteiger charge is -2.29. The zero-order valence-electron chi connectivity index (χ0n) is 13.3. The SMILES string of the molecule is CCCC1CCCC(N)(Cc2cc(Cl)ccc2OC)CC1. The lowest BCUT2D eigenvalue weighted by molar-refractivity contribution is 0.346. The fraction of sp³-hybridized carbons (Fsp3) is 0.667. The Kier molecular flexibility index (Phi) is 5.95. The Morgan fingerprint density at radius 3 is 2.86 bits per heavy atom. The first-order valence-electron chi connectivity index (χ1n) is 8.17. The predicted octanol–water partition coefficient (Wildman–Crippen LogP) is 4.97. The van der Waals surface area contributed by atoms with E-state index >= 15 is 0 Å². The Morgan fingerprint density at radius 1 is 1.33 bits per heavy atom. The summed E-state index contributed by atoms with van der Waals surface area (Å²) in [5.41, 5.74) is 7.75. The Balaban J connectivity index is 2.09. The van der Waals surface area contributed by atoms with E-state index < -0.39 is 0 Å². The van der Waals surface area contributed by atoms with Crippen molar-refractivity contribution in [2.24, 2.45) is 11.7 Å². The van der Waals surface area contributed by atoms with Crippen molar-refractivity contribution >= 4 is 11.6 Å². The second-order valence-corrected chi connectivity index (χ2v) is 7.02. The van der Waals surface area contributed by atoms with E-state index in [0.717, 1.165) is 41.5 Å². The minimum atomic E-state index is -0.111. The number of rotatable bonds is 5. The van der Waals surface area contributed by atoms with Crippen molar-refractivity contribution in [3.05, 3.63) is 28.8 Å². The molecule has 2 rings (SSSR count). The van der Waals surface area contributed by atoms with Crippen LogP contribution in [0.1, 0.15) is 57.4 Å². The molecule has 0 amide bonds. The van der Waals surface area contributed by atoms with Crippen LogP contribution in [0.25, 0.3) is 0 Å². The van der Waals surface area contributed by atoms with Crippen LogP contribution in [0, 0.1) is 5.92 Å². The fourth-order valence-electron chi connectivity index (χ4n) is 3.64. The quantitative estimate of drug-likeness (QED) is 0.779. The van der Waals surface area contributed by atoms with Crippen LogP contribution in [0.15, 0.2) is 18.2 Å². The zero-order chi connectivity index (χ0) is 15.3. The van der Waals surface area contributed by atoms with Crippen molar-refractivity contribution < 1.29 is 4.74 Å². The van der Waals surface area contributed by atoms with E-state index in [4.69, 9.17) is 22.1 Å². The number of methoxy groups -OCH3 is 1. The molecule has 1 fully saturated rings. The molecule has 3 heteroatoms. The second-order valence-electron chi connectivity index (χ2n) is 6.58. The van der Waals surface area contributed by atoms with Crippen LogP contribution >= 0.6 is 11.6 Å². The highest BCUT2D eigenvalue weighted by Crippen LogP contribution is 2.35. The molecule has 21 heavy (non-hydrogen) atoms. The van der Waals surface area contributed by atoms with Gasteiger partial charge < -0.3 is 10.5 Å². The standard InChI is InChI=1S/C18H28ClNO/c1-3-5-14-6-4-10-18(20,11-9-14)13-15-12-16(19)7-8-17(15)21-2/h7-8,12,14H,3-6,9-11,13,20H2,1-2H3. The number of benzene rings is 1. The topological polar surface area (TPSA) is 35.2 Å². The Labute approximate surface area is 134 Å². The molecule has 2 N–H and O–H groups in total. The van der Waals surface area contributed by atoms with Gasteiger partial charge in [-0.2, -0.15) is 0 Å². The summed E-state index contributed by atoms with van der Waals surface area (Å²) in [6, 6.07) is 5.82. The molecule has 118 valence electrons. The summed E-state index contributed by atoms with van der Waals surface area (Å²) < 4.78 is 5.46. The van der Waals surface area contributed by atoms with Gasteiger partial charge in [-0.1, -0.05) is 44.2 Å². The van der Waals surface area contributed by atoms with Gasteiger partial charge in [0, 0.05) is 10.6 Å². The van der Waals surface area contributed by atoms with Crippen LogP contribution in [0.4, 0.5) is 0 Å². The van der Waals surface area contributed by atoms with Gasteiger partial charge in [-0.3, -0.25) is 0 Å². The lowest BCUT2D eigenvalue weighted by atomic mass is 9.84. The van der Waals surface area contributed by atoms with Crippen LogP contribution in [0.2, 0.25) is 5.02 Å². The molecule has 0 aliphatic heterocycles. The van der Waals surface area contributed by atoms with Crippen LogP contribution in [0.3, 0.4) is 0 Å². The summed E-state index contributed by atoms with van der Waals surface area (Å²) in [7, 11) is 1.71. The molecular formula is C18H28ClNO. The van der Waals surface area contributed by atoms with Gasteiger partial charge in [-0.15, -0.1) is 0 Å². The Bertz CT molecular complexity index is 463. The zero-order valence-corrected chi connectivity index (χ0v) is 14.1. The fourth-order valence-corrected chi connectivity index (χ4v) is 3.84. The van der Waals surface area contributed by atoms with Gasteiger partial charge in [0.2, 0.25) is 0 Å². The highest BCUT2D eigenvalue weighted by atomic mass is 35.5. The number of nitrogens with two attached hydrogens (primary N) is 1. The minimum absolute atomic E-state index is 0.111. The molecule has 1 saturated carbocycles. The molecule has 0 spiro atoms. The van der Waals surface area contributed by atoms with E-state index in [9.17, 15) is 0 Å². The number of ether oxygens (including phenoxy) is 1. The highest BCUT2D eigenvalue weighted by molar-refractivity contribution is 6.30. The predicted molar refractivity (Wildman–Crippen MR) is 90.1 cm³/mol. The van der Waals surface area contributed by atoms with Crippen LogP contribution in [0.5, 0.6) is 5.75 Å². The molecule has 1 aliphatic rings. The van der Waals surface area contributed by atoms with Crippen LogP contribution in [-0.2, 0) is 6.42 Å². The average Bonchev–Trinajstić information content (AvgIpc) is 2.62. The average molecular weight is 310 g/mol. The lowest BCUT2D eigenvalue weighted by Crippen LogP contribution is -2.41. The molecule has 1 aromatic carbocycles. The summed E-state index contributed by atoms with van der Waals surface area (Å²) in [6.45, 7) is 2.28. The summed E-state index contributed by atoms with van der Waals surface area (Å²) in [5.74, 6) is 1.76. The maximum atomic E-state index is 6.72.